The molecule has 1 aromatic heterocycles. The zero-order chi connectivity index (χ0) is 14.6. The number of nitrogens with zero attached hydrogens (tertiary/aromatic N) is 1. The van der Waals surface area contributed by atoms with Gasteiger partial charge in [0.15, 0.2) is 0 Å². The lowest BCUT2D eigenvalue weighted by Crippen LogP contribution is -2.29. The van der Waals surface area contributed by atoms with Gasteiger partial charge in [0.2, 0.25) is 10.0 Å². The van der Waals surface area contributed by atoms with Gasteiger partial charge in [-0.3, -0.25) is 4.98 Å². The van der Waals surface area contributed by atoms with Gasteiger partial charge < -0.3 is 0 Å². The SMILES string of the molecule is O=S(=O)(NC(CCl)c1ccccc1)c1cncc(F)c1. The predicted molar refractivity (Wildman–Crippen MR) is 74.4 cm³/mol. The molecule has 2 aromatic rings. The van der Waals surface area contributed by atoms with Gasteiger partial charge in [-0.05, 0) is 11.6 Å². The van der Waals surface area contributed by atoms with Crippen LogP contribution in [-0.2, 0) is 10.0 Å². The number of benzene rings is 1. The minimum absolute atomic E-state index is 0.0615. The Balaban J connectivity index is 2.27. The summed E-state index contributed by atoms with van der Waals surface area (Å²) in [5.41, 5.74) is 0.732. The maximum Gasteiger partial charge on any atom is 0.242 e. The Morgan fingerprint density at radius 3 is 2.55 bits per heavy atom. The second kappa shape index (κ2) is 6.30. The number of hydrogen-bond acceptors (Lipinski definition) is 3. The molecule has 0 aliphatic heterocycles. The Morgan fingerprint density at radius 1 is 1.25 bits per heavy atom. The summed E-state index contributed by atoms with van der Waals surface area (Å²) >= 11 is 5.81. The summed E-state index contributed by atoms with van der Waals surface area (Å²) in [5, 5.41) is 0. The Morgan fingerprint density at radius 2 is 1.95 bits per heavy atom. The van der Waals surface area contributed by atoms with Crippen LogP contribution in [0.1, 0.15) is 11.6 Å². The summed E-state index contributed by atoms with van der Waals surface area (Å²) in [6.45, 7) is 0. The van der Waals surface area contributed by atoms with E-state index in [1.807, 2.05) is 6.07 Å². The van der Waals surface area contributed by atoms with Crippen LogP contribution in [0.15, 0.2) is 53.7 Å². The van der Waals surface area contributed by atoms with Gasteiger partial charge in [0, 0.05) is 12.1 Å². The van der Waals surface area contributed by atoms with Crippen molar-refractivity contribution in [3.63, 3.8) is 0 Å². The van der Waals surface area contributed by atoms with E-state index in [0.717, 1.165) is 24.0 Å². The molecule has 0 fully saturated rings. The maximum absolute atomic E-state index is 13.1. The highest BCUT2D eigenvalue weighted by atomic mass is 35.5. The largest absolute Gasteiger partial charge is 0.260 e. The van der Waals surface area contributed by atoms with Gasteiger partial charge in [-0.2, -0.15) is 0 Å². The van der Waals surface area contributed by atoms with Crippen molar-refractivity contribution in [3.8, 4) is 0 Å². The molecule has 2 rings (SSSR count). The van der Waals surface area contributed by atoms with Crippen LogP contribution in [0.3, 0.4) is 0 Å². The van der Waals surface area contributed by atoms with Crippen molar-refractivity contribution in [2.75, 3.05) is 5.88 Å². The fourth-order valence-electron chi connectivity index (χ4n) is 1.67. The minimum atomic E-state index is -3.88. The van der Waals surface area contributed by atoms with E-state index in [-0.39, 0.29) is 10.8 Å². The van der Waals surface area contributed by atoms with Crippen LogP contribution in [0.25, 0.3) is 0 Å². The van der Waals surface area contributed by atoms with Gasteiger partial charge in [-0.15, -0.1) is 11.6 Å². The Kier molecular flexibility index (Phi) is 4.69. The first-order valence-electron chi connectivity index (χ1n) is 5.77. The lowest BCUT2D eigenvalue weighted by molar-refractivity contribution is 0.563. The van der Waals surface area contributed by atoms with E-state index in [0.29, 0.717) is 0 Å². The molecule has 7 heteroatoms. The standard InChI is InChI=1S/C13H12ClFN2O2S/c14-7-13(10-4-2-1-3-5-10)17-20(18,19)12-6-11(15)8-16-9-12/h1-6,8-9,13,17H,7H2. The third kappa shape index (κ3) is 3.53. The first-order valence-corrected chi connectivity index (χ1v) is 7.78. The molecule has 0 amide bonds. The number of nitrogens with one attached hydrogen (secondary N) is 1. The van der Waals surface area contributed by atoms with Crippen molar-refractivity contribution >= 4 is 21.6 Å². The molecule has 0 saturated carbocycles. The van der Waals surface area contributed by atoms with Gasteiger partial charge in [-0.1, -0.05) is 30.3 Å². The molecule has 0 saturated heterocycles. The summed E-state index contributed by atoms with van der Waals surface area (Å²) in [6.07, 6.45) is 2.02. The molecule has 1 heterocycles. The monoisotopic (exact) mass is 314 g/mol. The van der Waals surface area contributed by atoms with E-state index in [1.54, 1.807) is 24.3 Å². The molecule has 0 bridgehead atoms. The predicted octanol–water partition coefficient (Wildman–Crippen LogP) is 2.48. The molecule has 20 heavy (non-hydrogen) atoms. The summed E-state index contributed by atoms with van der Waals surface area (Å²) < 4.78 is 39.8. The van der Waals surface area contributed by atoms with Crippen molar-refractivity contribution in [1.82, 2.24) is 9.71 Å². The van der Waals surface area contributed by atoms with E-state index in [1.165, 1.54) is 0 Å². The molecule has 1 unspecified atom stereocenters. The summed E-state index contributed by atoms with van der Waals surface area (Å²) in [6, 6.07) is 9.23. The van der Waals surface area contributed by atoms with Gasteiger partial charge in [-0.25, -0.2) is 17.5 Å². The quantitative estimate of drug-likeness (QED) is 0.863. The van der Waals surface area contributed by atoms with E-state index in [9.17, 15) is 12.8 Å². The Labute approximate surface area is 121 Å². The zero-order valence-corrected chi connectivity index (χ0v) is 11.9. The molecule has 106 valence electrons. The summed E-state index contributed by atoms with van der Waals surface area (Å²) in [4.78, 5) is 3.30. The van der Waals surface area contributed by atoms with E-state index in [2.05, 4.69) is 9.71 Å². The third-order valence-electron chi connectivity index (χ3n) is 2.64. The van der Waals surface area contributed by atoms with E-state index < -0.39 is 21.9 Å². The number of halogens is 2. The van der Waals surface area contributed by atoms with Crippen molar-refractivity contribution in [2.45, 2.75) is 10.9 Å². The molecule has 0 spiro atoms. The highest BCUT2D eigenvalue weighted by Gasteiger charge is 2.21. The Bertz CT molecular complexity index is 680. The first-order chi connectivity index (χ1) is 9.53. The topological polar surface area (TPSA) is 59.1 Å². The molecule has 4 nitrogen and oxygen atoms in total. The summed E-state index contributed by atoms with van der Waals surface area (Å²) in [7, 11) is -3.88. The molecule has 1 aromatic carbocycles. The first kappa shape index (κ1) is 14.9. The van der Waals surface area contributed by atoms with Crippen LogP contribution in [0.2, 0.25) is 0 Å². The fourth-order valence-corrected chi connectivity index (χ4v) is 3.21. The Hall–Kier alpha value is -1.50. The van der Waals surface area contributed by atoms with Crippen LogP contribution in [-0.4, -0.2) is 19.3 Å². The number of alkyl halides is 1. The highest BCUT2D eigenvalue weighted by molar-refractivity contribution is 7.89. The van der Waals surface area contributed by atoms with Gasteiger partial charge in [0.1, 0.15) is 10.7 Å². The normalized spacial score (nSPS) is 13.1. The van der Waals surface area contributed by atoms with Crippen molar-refractivity contribution in [1.29, 1.82) is 0 Å². The second-order valence-corrected chi connectivity index (χ2v) is 6.10. The third-order valence-corrected chi connectivity index (χ3v) is 4.39. The maximum atomic E-state index is 13.1. The van der Waals surface area contributed by atoms with E-state index in [4.69, 9.17) is 11.6 Å². The molecular weight excluding hydrogens is 303 g/mol. The van der Waals surface area contributed by atoms with Crippen LogP contribution in [0.4, 0.5) is 4.39 Å². The molecule has 0 aliphatic carbocycles. The molecular formula is C13H12ClFN2O2S. The van der Waals surface area contributed by atoms with Gasteiger partial charge in [0.25, 0.3) is 0 Å². The van der Waals surface area contributed by atoms with Crippen molar-refractivity contribution < 1.29 is 12.8 Å². The van der Waals surface area contributed by atoms with Crippen molar-refractivity contribution in [3.05, 3.63) is 60.2 Å². The average molecular weight is 315 g/mol. The number of hydrogen-bond donors (Lipinski definition) is 1. The van der Waals surface area contributed by atoms with E-state index >= 15 is 0 Å². The lowest BCUT2D eigenvalue weighted by Gasteiger charge is -2.16. The van der Waals surface area contributed by atoms with Crippen molar-refractivity contribution in [2.24, 2.45) is 0 Å². The van der Waals surface area contributed by atoms with Crippen LogP contribution in [0.5, 0.6) is 0 Å². The van der Waals surface area contributed by atoms with Crippen LogP contribution in [0, 0.1) is 5.82 Å². The lowest BCUT2D eigenvalue weighted by atomic mass is 10.1. The summed E-state index contributed by atoms with van der Waals surface area (Å²) in [5.74, 6) is -0.651. The second-order valence-electron chi connectivity index (χ2n) is 4.08. The fraction of sp³-hybridized carbons (Fsp3) is 0.154. The van der Waals surface area contributed by atoms with Crippen LogP contribution >= 0.6 is 11.6 Å². The molecule has 0 radical (unpaired) electrons. The zero-order valence-electron chi connectivity index (χ0n) is 10.3. The van der Waals surface area contributed by atoms with Gasteiger partial charge >= 0.3 is 0 Å². The molecule has 0 aliphatic rings. The number of pyridine rings is 1. The number of rotatable bonds is 5. The van der Waals surface area contributed by atoms with Crippen LogP contribution < -0.4 is 4.72 Å². The highest BCUT2D eigenvalue weighted by Crippen LogP contribution is 2.18. The number of sulfonamides is 1. The molecule has 1 atom stereocenters. The molecule has 1 N–H and O–H groups in total. The number of aromatic nitrogens is 1. The minimum Gasteiger partial charge on any atom is -0.260 e. The average Bonchev–Trinajstić information content (AvgIpc) is 2.46. The van der Waals surface area contributed by atoms with Gasteiger partial charge in [0.05, 0.1) is 12.2 Å². The smallest absolute Gasteiger partial charge is 0.242 e.